The van der Waals surface area contributed by atoms with Gasteiger partial charge in [-0.25, -0.2) is 8.42 Å². The first-order chi connectivity index (χ1) is 13.4. The lowest BCUT2D eigenvalue weighted by atomic mass is 10.1. The second kappa shape index (κ2) is 7.41. The summed E-state index contributed by atoms with van der Waals surface area (Å²) in [5, 5.41) is 3.89. The Kier molecular flexibility index (Phi) is 4.95. The van der Waals surface area contributed by atoms with Crippen molar-refractivity contribution in [3.63, 3.8) is 0 Å². The average Bonchev–Trinajstić information content (AvgIpc) is 3.15. The molecule has 2 aromatic carbocycles. The molecule has 1 aliphatic heterocycles. The first-order valence-corrected chi connectivity index (χ1v) is 10.7. The number of anilines is 1. The standard InChI is InChI=1S/C21H23N3O3S/c1-16-14-18(20-15-17(2)22-27-20)8-9-21(16)28(25,26)24-12-10-23(11-13-24)19-6-4-3-5-7-19/h3-9,14-15H,10-13H2,1-2H3. The Morgan fingerprint density at radius 1 is 0.929 bits per heavy atom. The smallest absolute Gasteiger partial charge is 0.243 e. The molecule has 6 nitrogen and oxygen atoms in total. The van der Waals surface area contributed by atoms with Crippen LogP contribution in [0.25, 0.3) is 11.3 Å². The summed E-state index contributed by atoms with van der Waals surface area (Å²) < 4.78 is 33.2. The molecular weight excluding hydrogens is 374 g/mol. The summed E-state index contributed by atoms with van der Waals surface area (Å²) in [5.41, 5.74) is 3.45. The highest BCUT2D eigenvalue weighted by molar-refractivity contribution is 7.89. The van der Waals surface area contributed by atoms with Gasteiger partial charge < -0.3 is 9.42 Å². The van der Waals surface area contributed by atoms with Crippen LogP contribution in [0.4, 0.5) is 5.69 Å². The van der Waals surface area contributed by atoms with Gasteiger partial charge in [-0.15, -0.1) is 0 Å². The van der Waals surface area contributed by atoms with E-state index >= 15 is 0 Å². The predicted octanol–water partition coefficient (Wildman–Crippen LogP) is 3.47. The topological polar surface area (TPSA) is 66.7 Å². The lowest BCUT2D eigenvalue weighted by Crippen LogP contribution is -2.48. The van der Waals surface area contributed by atoms with Gasteiger partial charge in [-0.1, -0.05) is 23.4 Å². The third-order valence-corrected chi connectivity index (χ3v) is 7.12. The highest BCUT2D eigenvalue weighted by atomic mass is 32.2. The van der Waals surface area contributed by atoms with Gasteiger partial charge in [-0.2, -0.15) is 4.31 Å². The number of sulfonamides is 1. The SMILES string of the molecule is Cc1cc(-c2ccc(S(=O)(=O)N3CCN(c4ccccc4)CC3)c(C)c2)on1. The number of aryl methyl sites for hydroxylation is 2. The number of rotatable bonds is 4. The maximum Gasteiger partial charge on any atom is 0.243 e. The Morgan fingerprint density at radius 3 is 2.25 bits per heavy atom. The number of piperazine rings is 1. The third kappa shape index (κ3) is 3.55. The van der Waals surface area contributed by atoms with Crippen LogP contribution in [0.3, 0.4) is 0 Å². The van der Waals surface area contributed by atoms with E-state index in [2.05, 4.69) is 22.2 Å². The van der Waals surface area contributed by atoms with Crippen LogP contribution in [0.5, 0.6) is 0 Å². The zero-order valence-electron chi connectivity index (χ0n) is 16.0. The fourth-order valence-corrected chi connectivity index (χ4v) is 5.18. The maximum atomic E-state index is 13.2. The monoisotopic (exact) mass is 397 g/mol. The largest absolute Gasteiger partial charge is 0.369 e. The minimum absolute atomic E-state index is 0.348. The van der Waals surface area contributed by atoms with Gasteiger partial charge in [0, 0.05) is 43.5 Å². The minimum Gasteiger partial charge on any atom is -0.369 e. The Bertz CT molecular complexity index is 1070. The van der Waals surface area contributed by atoms with E-state index in [9.17, 15) is 8.42 Å². The molecule has 3 aromatic rings. The molecule has 1 aliphatic rings. The van der Waals surface area contributed by atoms with Crippen molar-refractivity contribution in [3.8, 4) is 11.3 Å². The molecule has 0 unspecified atom stereocenters. The molecule has 7 heteroatoms. The Balaban J connectivity index is 1.52. The molecule has 1 fully saturated rings. The van der Waals surface area contributed by atoms with Crippen molar-refractivity contribution < 1.29 is 12.9 Å². The second-order valence-corrected chi connectivity index (χ2v) is 8.95. The highest BCUT2D eigenvalue weighted by Crippen LogP contribution is 2.28. The van der Waals surface area contributed by atoms with Crippen molar-refractivity contribution >= 4 is 15.7 Å². The first kappa shape index (κ1) is 18.7. The fraction of sp³-hybridized carbons (Fsp3) is 0.286. The van der Waals surface area contributed by atoms with Crippen LogP contribution < -0.4 is 4.90 Å². The summed E-state index contributed by atoms with van der Waals surface area (Å²) >= 11 is 0. The minimum atomic E-state index is -3.53. The van der Waals surface area contributed by atoms with Crippen molar-refractivity contribution in [3.05, 3.63) is 65.9 Å². The van der Waals surface area contributed by atoms with Crippen LogP contribution in [0.15, 0.2) is 64.0 Å². The average molecular weight is 398 g/mol. The Morgan fingerprint density at radius 2 is 1.64 bits per heavy atom. The van der Waals surface area contributed by atoms with E-state index in [0.717, 1.165) is 16.9 Å². The van der Waals surface area contributed by atoms with Crippen LogP contribution in [-0.2, 0) is 10.0 Å². The number of hydrogen-bond donors (Lipinski definition) is 0. The van der Waals surface area contributed by atoms with E-state index in [-0.39, 0.29) is 0 Å². The quantitative estimate of drug-likeness (QED) is 0.674. The van der Waals surface area contributed by atoms with Gasteiger partial charge in [-0.05, 0) is 49.7 Å². The fourth-order valence-electron chi connectivity index (χ4n) is 3.56. The van der Waals surface area contributed by atoms with Crippen molar-refractivity contribution in [2.45, 2.75) is 18.7 Å². The van der Waals surface area contributed by atoms with Crippen molar-refractivity contribution in [2.24, 2.45) is 0 Å². The lowest BCUT2D eigenvalue weighted by Gasteiger charge is -2.35. The molecule has 0 saturated carbocycles. The van der Waals surface area contributed by atoms with Gasteiger partial charge in [-0.3, -0.25) is 0 Å². The van der Waals surface area contributed by atoms with Gasteiger partial charge in [0.2, 0.25) is 10.0 Å². The van der Waals surface area contributed by atoms with Gasteiger partial charge in [0.15, 0.2) is 5.76 Å². The van der Waals surface area contributed by atoms with Crippen molar-refractivity contribution in [1.29, 1.82) is 0 Å². The molecule has 146 valence electrons. The molecule has 2 heterocycles. The summed E-state index contributed by atoms with van der Waals surface area (Å²) in [6.45, 7) is 5.97. The maximum absolute atomic E-state index is 13.2. The Hall–Kier alpha value is -2.64. The van der Waals surface area contributed by atoms with Crippen LogP contribution >= 0.6 is 0 Å². The van der Waals surface area contributed by atoms with E-state index in [1.165, 1.54) is 0 Å². The summed E-state index contributed by atoms with van der Waals surface area (Å²) in [4.78, 5) is 2.56. The number of aromatic nitrogens is 1. The summed E-state index contributed by atoms with van der Waals surface area (Å²) in [6, 6.07) is 17.2. The molecule has 1 aromatic heterocycles. The molecular formula is C21H23N3O3S. The van der Waals surface area contributed by atoms with Crippen LogP contribution in [0.2, 0.25) is 0 Å². The first-order valence-electron chi connectivity index (χ1n) is 9.29. The third-order valence-electron chi connectivity index (χ3n) is 5.07. The van der Waals surface area contributed by atoms with Gasteiger partial charge >= 0.3 is 0 Å². The van der Waals surface area contributed by atoms with E-state index in [0.29, 0.717) is 42.4 Å². The lowest BCUT2D eigenvalue weighted by molar-refractivity contribution is 0.384. The molecule has 0 N–H and O–H groups in total. The van der Waals surface area contributed by atoms with E-state index in [1.54, 1.807) is 16.4 Å². The van der Waals surface area contributed by atoms with Crippen LogP contribution in [0.1, 0.15) is 11.3 Å². The van der Waals surface area contributed by atoms with Crippen molar-refractivity contribution in [2.75, 3.05) is 31.1 Å². The summed E-state index contributed by atoms with van der Waals surface area (Å²) in [6.07, 6.45) is 0. The Labute approximate surface area is 165 Å². The van der Waals surface area contributed by atoms with E-state index in [4.69, 9.17) is 4.52 Å². The summed E-state index contributed by atoms with van der Waals surface area (Å²) in [7, 11) is -3.53. The number of benzene rings is 2. The number of para-hydroxylation sites is 1. The molecule has 0 spiro atoms. The molecule has 0 radical (unpaired) electrons. The zero-order chi connectivity index (χ0) is 19.7. The molecule has 0 amide bonds. The van der Waals surface area contributed by atoms with Gasteiger partial charge in [0.25, 0.3) is 0 Å². The van der Waals surface area contributed by atoms with Crippen LogP contribution in [-0.4, -0.2) is 44.1 Å². The molecule has 0 aliphatic carbocycles. The normalized spacial score (nSPS) is 15.7. The molecule has 0 bridgehead atoms. The highest BCUT2D eigenvalue weighted by Gasteiger charge is 2.29. The predicted molar refractivity (Wildman–Crippen MR) is 109 cm³/mol. The number of hydrogen-bond acceptors (Lipinski definition) is 5. The van der Waals surface area contributed by atoms with Gasteiger partial charge in [0.1, 0.15) is 0 Å². The zero-order valence-corrected chi connectivity index (χ0v) is 16.8. The van der Waals surface area contributed by atoms with E-state index in [1.807, 2.05) is 44.2 Å². The summed E-state index contributed by atoms with van der Waals surface area (Å²) in [5.74, 6) is 0.640. The second-order valence-electron chi connectivity index (χ2n) is 7.04. The van der Waals surface area contributed by atoms with Crippen LogP contribution in [0, 0.1) is 13.8 Å². The molecule has 28 heavy (non-hydrogen) atoms. The number of nitrogens with zero attached hydrogens (tertiary/aromatic N) is 3. The molecule has 1 saturated heterocycles. The van der Waals surface area contributed by atoms with E-state index < -0.39 is 10.0 Å². The molecule has 0 atom stereocenters. The van der Waals surface area contributed by atoms with Gasteiger partial charge in [0.05, 0.1) is 10.6 Å². The molecule has 4 rings (SSSR count). The van der Waals surface area contributed by atoms with Crippen molar-refractivity contribution in [1.82, 2.24) is 9.46 Å².